The van der Waals surface area contributed by atoms with Crippen molar-refractivity contribution in [3.8, 4) is 5.75 Å². The van der Waals surface area contributed by atoms with Crippen LogP contribution in [0.1, 0.15) is 30.1 Å². The first-order chi connectivity index (χ1) is 8.11. The second kappa shape index (κ2) is 4.57. The van der Waals surface area contributed by atoms with E-state index in [9.17, 15) is 9.59 Å². The summed E-state index contributed by atoms with van der Waals surface area (Å²) in [6.45, 7) is 1.50. The van der Waals surface area contributed by atoms with E-state index < -0.39 is 0 Å². The summed E-state index contributed by atoms with van der Waals surface area (Å²) >= 11 is 0. The van der Waals surface area contributed by atoms with Crippen LogP contribution in [0.4, 0.5) is 5.69 Å². The van der Waals surface area contributed by atoms with Crippen LogP contribution in [0.25, 0.3) is 0 Å². The Morgan fingerprint density at radius 3 is 2.59 bits per heavy atom. The lowest BCUT2D eigenvalue weighted by atomic mass is 10.1. The third kappa shape index (κ3) is 2.64. The molecule has 4 nitrogen and oxygen atoms in total. The van der Waals surface area contributed by atoms with Crippen LogP contribution in [0, 0.1) is 5.92 Å². The SMILES string of the molecule is COc1cc(C(C)=O)ccc1NC(=O)C1CC1. The predicted octanol–water partition coefficient (Wildman–Crippen LogP) is 2.25. The highest BCUT2D eigenvalue weighted by Crippen LogP contribution is 2.32. The highest BCUT2D eigenvalue weighted by Gasteiger charge is 2.30. The van der Waals surface area contributed by atoms with Gasteiger partial charge < -0.3 is 10.1 Å². The van der Waals surface area contributed by atoms with E-state index in [1.165, 1.54) is 14.0 Å². The van der Waals surface area contributed by atoms with Crippen molar-refractivity contribution in [1.82, 2.24) is 0 Å². The van der Waals surface area contributed by atoms with Crippen LogP contribution in [0.2, 0.25) is 0 Å². The number of ketones is 1. The molecule has 0 bridgehead atoms. The number of amides is 1. The van der Waals surface area contributed by atoms with Gasteiger partial charge in [0.25, 0.3) is 0 Å². The summed E-state index contributed by atoms with van der Waals surface area (Å²) in [6, 6.07) is 5.04. The third-order valence-corrected chi connectivity index (χ3v) is 2.81. The number of benzene rings is 1. The molecule has 0 heterocycles. The van der Waals surface area contributed by atoms with Gasteiger partial charge in [-0.2, -0.15) is 0 Å². The maximum Gasteiger partial charge on any atom is 0.227 e. The third-order valence-electron chi connectivity index (χ3n) is 2.81. The summed E-state index contributed by atoms with van der Waals surface area (Å²) < 4.78 is 5.17. The molecular weight excluding hydrogens is 218 g/mol. The number of Topliss-reactive ketones (excluding diaryl/α,β-unsaturated/α-hetero) is 1. The zero-order valence-electron chi connectivity index (χ0n) is 9.95. The minimum atomic E-state index is -0.0247. The van der Waals surface area contributed by atoms with Gasteiger partial charge in [0.1, 0.15) is 5.75 Å². The van der Waals surface area contributed by atoms with Gasteiger partial charge in [0.05, 0.1) is 12.8 Å². The maximum atomic E-state index is 11.6. The van der Waals surface area contributed by atoms with Crippen LogP contribution >= 0.6 is 0 Å². The van der Waals surface area contributed by atoms with Crippen molar-refractivity contribution in [1.29, 1.82) is 0 Å². The van der Waals surface area contributed by atoms with Crippen LogP contribution < -0.4 is 10.1 Å². The Kier molecular flexibility index (Phi) is 3.13. The van der Waals surface area contributed by atoms with Crippen molar-refractivity contribution in [3.63, 3.8) is 0 Å². The van der Waals surface area contributed by atoms with Crippen LogP contribution in [0.3, 0.4) is 0 Å². The fourth-order valence-corrected chi connectivity index (χ4v) is 1.59. The van der Waals surface area contributed by atoms with Gasteiger partial charge in [-0.1, -0.05) is 0 Å². The van der Waals surface area contributed by atoms with E-state index >= 15 is 0 Å². The average Bonchev–Trinajstić information content (AvgIpc) is 3.13. The van der Waals surface area contributed by atoms with Crippen molar-refractivity contribution in [3.05, 3.63) is 23.8 Å². The Balaban J connectivity index is 2.20. The summed E-state index contributed by atoms with van der Waals surface area (Å²) in [6.07, 6.45) is 1.92. The number of methoxy groups -OCH3 is 1. The predicted molar refractivity (Wildman–Crippen MR) is 64.4 cm³/mol. The number of ether oxygens (including phenoxy) is 1. The highest BCUT2D eigenvalue weighted by atomic mass is 16.5. The van der Waals surface area contributed by atoms with Crippen molar-refractivity contribution in [2.45, 2.75) is 19.8 Å². The number of hydrogen-bond acceptors (Lipinski definition) is 3. The number of anilines is 1. The van der Waals surface area contributed by atoms with Gasteiger partial charge in [-0.15, -0.1) is 0 Å². The first-order valence-corrected chi connectivity index (χ1v) is 5.61. The Labute approximate surface area is 100.0 Å². The molecule has 0 radical (unpaired) electrons. The monoisotopic (exact) mass is 233 g/mol. The Hall–Kier alpha value is -1.84. The summed E-state index contributed by atoms with van der Waals surface area (Å²) in [5.74, 6) is 0.668. The molecule has 0 aliphatic heterocycles. The topological polar surface area (TPSA) is 55.4 Å². The fourth-order valence-electron chi connectivity index (χ4n) is 1.59. The molecule has 17 heavy (non-hydrogen) atoms. The summed E-state index contributed by atoms with van der Waals surface area (Å²) in [4.78, 5) is 22.9. The first-order valence-electron chi connectivity index (χ1n) is 5.61. The molecule has 0 aromatic heterocycles. The molecule has 1 aromatic carbocycles. The van der Waals surface area contributed by atoms with Gasteiger partial charge in [-0.25, -0.2) is 0 Å². The van der Waals surface area contributed by atoms with E-state index in [2.05, 4.69) is 5.32 Å². The van der Waals surface area contributed by atoms with Gasteiger partial charge in [-0.3, -0.25) is 9.59 Å². The highest BCUT2D eigenvalue weighted by molar-refractivity contribution is 5.98. The van der Waals surface area contributed by atoms with Crippen molar-refractivity contribution >= 4 is 17.4 Å². The zero-order chi connectivity index (χ0) is 12.4. The second-order valence-electron chi connectivity index (χ2n) is 4.23. The Morgan fingerprint density at radius 2 is 2.06 bits per heavy atom. The average molecular weight is 233 g/mol. The van der Waals surface area contributed by atoms with Crippen LogP contribution in [0.5, 0.6) is 5.75 Å². The molecule has 1 aromatic rings. The number of nitrogens with one attached hydrogen (secondary N) is 1. The van der Waals surface area contributed by atoms with E-state index in [1.807, 2.05) is 0 Å². The zero-order valence-corrected chi connectivity index (χ0v) is 9.95. The fraction of sp³-hybridized carbons (Fsp3) is 0.385. The molecule has 0 saturated heterocycles. The molecule has 2 rings (SSSR count). The van der Waals surface area contributed by atoms with Crippen molar-refractivity contribution in [2.24, 2.45) is 5.92 Å². The van der Waals surface area contributed by atoms with Crippen LogP contribution in [-0.2, 0) is 4.79 Å². The minimum absolute atomic E-state index is 0.0247. The van der Waals surface area contributed by atoms with Gasteiger partial charge in [0, 0.05) is 11.5 Å². The van der Waals surface area contributed by atoms with E-state index in [0.717, 1.165) is 12.8 Å². The molecule has 1 N–H and O–H groups in total. The smallest absolute Gasteiger partial charge is 0.227 e. The van der Waals surface area contributed by atoms with Gasteiger partial charge in [0.2, 0.25) is 5.91 Å². The molecule has 0 unspecified atom stereocenters. The molecule has 0 atom stereocenters. The molecule has 1 fully saturated rings. The minimum Gasteiger partial charge on any atom is -0.495 e. The lowest BCUT2D eigenvalue weighted by molar-refractivity contribution is -0.117. The van der Waals surface area contributed by atoms with Crippen molar-refractivity contribution < 1.29 is 14.3 Å². The standard InChI is InChI=1S/C13H15NO3/c1-8(15)10-5-6-11(12(7-10)17-2)14-13(16)9-3-4-9/h5-7,9H,3-4H2,1-2H3,(H,14,16). The molecular formula is C13H15NO3. The molecule has 90 valence electrons. The number of hydrogen-bond donors (Lipinski definition) is 1. The first kappa shape index (κ1) is 11.6. The van der Waals surface area contributed by atoms with Gasteiger partial charge >= 0.3 is 0 Å². The quantitative estimate of drug-likeness (QED) is 0.811. The normalized spacial score (nSPS) is 14.2. The molecule has 1 saturated carbocycles. The lowest BCUT2D eigenvalue weighted by Crippen LogP contribution is -2.14. The molecule has 1 amide bonds. The summed E-state index contributed by atoms with van der Waals surface area (Å²) in [7, 11) is 1.52. The van der Waals surface area contributed by atoms with Crippen LogP contribution in [-0.4, -0.2) is 18.8 Å². The maximum absolute atomic E-state index is 11.6. The summed E-state index contributed by atoms with van der Waals surface area (Å²) in [5.41, 5.74) is 1.20. The van der Waals surface area contributed by atoms with Gasteiger partial charge in [0.15, 0.2) is 5.78 Å². The molecule has 0 spiro atoms. The van der Waals surface area contributed by atoms with Gasteiger partial charge in [-0.05, 0) is 38.0 Å². The lowest BCUT2D eigenvalue weighted by Gasteiger charge is -2.10. The largest absolute Gasteiger partial charge is 0.495 e. The van der Waals surface area contributed by atoms with Crippen LogP contribution in [0.15, 0.2) is 18.2 Å². The van der Waals surface area contributed by atoms with E-state index in [-0.39, 0.29) is 17.6 Å². The van der Waals surface area contributed by atoms with E-state index in [1.54, 1.807) is 18.2 Å². The van der Waals surface area contributed by atoms with E-state index in [0.29, 0.717) is 17.0 Å². The Morgan fingerprint density at radius 1 is 1.35 bits per heavy atom. The number of carbonyl (C=O) groups excluding carboxylic acids is 2. The number of rotatable bonds is 4. The van der Waals surface area contributed by atoms with E-state index in [4.69, 9.17) is 4.74 Å². The molecule has 1 aliphatic carbocycles. The summed E-state index contributed by atoms with van der Waals surface area (Å²) in [5, 5.41) is 2.81. The molecule has 1 aliphatic rings. The molecule has 4 heteroatoms. The number of carbonyl (C=O) groups is 2. The van der Waals surface area contributed by atoms with Crippen molar-refractivity contribution in [2.75, 3.05) is 12.4 Å². The Bertz CT molecular complexity index is 464. The second-order valence-corrected chi connectivity index (χ2v) is 4.23.